The zero-order valence-corrected chi connectivity index (χ0v) is 11.5. The van der Waals surface area contributed by atoms with Crippen LogP contribution in [-0.4, -0.2) is 35.6 Å². The van der Waals surface area contributed by atoms with Gasteiger partial charge in [-0.15, -0.1) is 0 Å². The topological polar surface area (TPSA) is 76.1 Å². The number of amides is 1. The van der Waals surface area contributed by atoms with E-state index in [0.29, 0.717) is 31.2 Å². The summed E-state index contributed by atoms with van der Waals surface area (Å²) in [5.41, 5.74) is 1.76. The monoisotopic (exact) mass is 284 g/mol. The summed E-state index contributed by atoms with van der Waals surface area (Å²) in [6.07, 6.45) is 4.20. The highest BCUT2D eigenvalue weighted by atomic mass is 16.5. The summed E-state index contributed by atoms with van der Waals surface area (Å²) in [5, 5.41) is 5.90. The second-order valence-corrected chi connectivity index (χ2v) is 4.68. The molecular formula is C15H16N4O2. The van der Waals surface area contributed by atoms with Gasteiger partial charge in [-0.25, -0.2) is 9.97 Å². The lowest BCUT2D eigenvalue weighted by atomic mass is 10.1. The van der Waals surface area contributed by atoms with Crippen LogP contribution in [0.25, 0.3) is 0 Å². The average molecular weight is 284 g/mol. The first kappa shape index (κ1) is 13.4. The van der Waals surface area contributed by atoms with Crippen molar-refractivity contribution in [2.75, 3.05) is 25.0 Å². The van der Waals surface area contributed by atoms with Crippen LogP contribution in [0, 0.1) is 0 Å². The summed E-state index contributed by atoms with van der Waals surface area (Å²) in [7, 11) is 0. The molecule has 0 spiro atoms. The number of benzene rings is 1. The predicted molar refractivity (Wildman–Crippen MR) is 78.5 cm³/mol. The third-order valence-corrected chi connectivity index (χ3v) is 3.21. The van der Waals surface area contributed by atoms with Crippen molar-refractivity contribution in [2.45, 2.75) is 6.42 Å². The van der Waals surface area contributed by atoms with Crippen LogP contribution in [0.3, 0.4) is 0 Å². The highest BCUT2D eigenvalue weighted by molar-refractivity contribution is 5.94. The fourth-order valence-electron chi connectivity index (χ4n) is 2.17. The minimum absolute atomic E-state index is 0.0829. The lowest BCUT2D eigenvalue weighted by Gasteiger charge is -2.07. The van der Waals surface area contributed by atoms with Gasteiger partial charge in [0.15, 0.2) is 0 Å². The summed E-state index contributed by atoms with van der Waals surface area (Å²) in [5.74, 6) is 1.36. The molecule has 1 aromatic heterocycles. The third-order valence-electron chi connectivity index (χ3n) is 3.21. The SMILES string of the molecule is O=C(NCCNc1ncccn1)c1ccc2c(c1)CCO2. The Balaban J connectivity index is 1.48. The van der Waals surface area contributed by atoms with Crippen LogP contribution in [0.2, 0.25) is 0 Å². The molecule has 0 bridgehead atoms. The maximum absolute atomic E-state index is 12.0. The summed E-state index contributed by atoms with van der Waals surface area (Å²) in [6.45, 7) is 1.77. The molecular weight excluding hydrogens is 268 g/mol. The molecule has 2 aromatic rings. The molecule has 1 aliphatic rings. The van der Waals surface area contributed by atoms with Crippen LogP contribution in [0.1, 0.15) is 15.9 Å². The van der Waals surface area contributed by atoms with Crippen LogP contribution in [0.5, 0.6) is 5.75 Å². The van der Waals surface area contributed by atoms with Crippen molar-refractivity contribution in [3.63, 3.8) is 0 Å². The van der Waals surface area contributed by atoms with Gasteiger partial charge in [0.2, 0.25) is 5.95 Å². The normalized spacial score (nSPS) is 12.4. The second kappa shape index (κ2) is 6.21. The Hall–Kier alpha value is -2.63. The molecule has 2 N–H and O–H groups in total. The Morgan fingerprint density at radius 3 is 2.95 bits per heavy atom. The molecule has 0 saturated carbocycles. The number of rotatable bonds is 5. The van der Waals surface area contributed by atoms with Gasteiger partial charge < -0.3 is 15.4 Å². The second-order valence-electron chi connectivity index (χ2n) is 4.68. The van der Waals surface area contributed by atoms with Crippen LogP contribution < -0.4 is 15.4 Å². The van der Waals surface area contributed by atoms with Gasteiger partial charge in [0, 0.05) is 37.5 Å². The largest absolute Gasteiger partial charge is 0.493 e. The quantitative estimate of drug-likeness (QED) is 0.808. The molecule has 1 aromatic carbocycles. The van der Waals surface area contributed by atoms with Gasteiger partial charge in [0.1, 0.15) is 5.75 Å². The first-order valence-corrected chi connectivity index (χ1v) is 6.88. The molecule has 0 saturated heterocycles. The summed E-state index contributed by atoms with van der Waals surface area (Å²) in [6, 6.07) is 7.29. The van der Waals surface area contributed by atoms with Crippen molar-refractivity contribution < 1.29 is 9.53 Å². The third kappa shape index (κ3) is 3.28. The minimum atomic E-state index is -0.0829. The minimum Gasteiger partial charge on any atom is -0.493 e. The zero-order valence-electron chi connectivity index (χ0n) is 11.5. The molecule has 3 rings (SSSR count). The molecule has 1 amide bonds. The Kier molecular flexibility index (Phi) is 3.95. The fraction of sp³-hybridized carbons (Fsp3) is 0.267. The van der Waals surface area contributed by atoms with Gasteiger partial charge in [-0.05, 0) is 29.8 Å². The number of anilines is 1. The van der Waals surface area contributed by atoms with E-state index in [1.54, 1.807) is 24.5 Å². The Labute approximate surface area is 122 Å². The van der Waals surface area contributed by atoms with E-state index in [9.17, 15) is 4.79 Å². The number of carbonyl (C=O) groups excluding carboxylic acids is 1. The molecule has 6 heteroatoms. The van der Waals surface area contributed by atoms with Crippen LogP contribution in [0.15, 0.2) is 36.7 Å². The lowest BCUT2D eigenvalue weighted by Crippen LogP contribution is -2.29. The van der Waals surface area contributed by atoms with Crippen LogP contribution in [-0.2, 0) is 6.42 Å². The molecule has 0 fully saturated rings. The van der Waals surface area contributed by atoms with Crippen molar-refractivity contribution >= 4 is 11.9 Å². The summed E-state index contributed by atoms with van der Waals surface area (Å²) in [4.78, 5) is 20.1. The number of hydrogen-bond acceptors (Lipinski definition) is 5. The van der Waals surface area contributed by atoms with E-state index in [1.807, 2.05) is 12.1 Å². The number of aromatic nitrogens is 2. The molecule has 0 unspecified atom stereocenters. The van der Waals surface area contributed by atoms with Gasteiger partial charge in [-0.2, -0.15) is 0 Å². The number of hydrogen-bond donors (Lipinski definition) is 2. The van der Waals surface area contributed by atoms with E-state index in [4.69, 9.17) is 4.74 Å². The number of nitrogens with one attached hydrogen (secondary N) is 2. The van der Waals surface area contributed by atoms with E-state index in [-0.39, 0.29) is 5.91 Å². The van der Waals surface area contributed by atoms with Gasteiger partial charge in [-0.3, -0.25) is 4.79 Å². The number of fused-ring (bicyclic) bond motifs is 1. The lowest BCUT2D eigenvalue weighted by molar-refractivity contribution is 0.0955. The maximum atomic E-state index is 12.0. The Morgan fingerprint density at radius 1 is 1.24 bits per heavy atom. The maximum Gasteiger partial charge on any atom is 0.251 e. The number of carbonyl (C=O) groups is 1. The molecule has 1 aliphatic heterocycles. The molecule has 0 radical (unpaired) electrons. The highest BCUT2D eigenvalue weighted by Crippen LogP contribution is 2.25. The van der Waals surface area contributed by atoms with Crippen molar-refractivity contribution in [1.82, 2.24) is 15.3 Å². The average Bonchev–Trinajstić information content (AvgIpc) is 3.00. The first-order chi connectivity index (χ1) is 10.3. The predicted octanol–water partition coefficient (Wildman–Crippen LogP) is 1.25. The van der Waals surface area contributed by atoms with Crippen LogP contribution >= 0.6 is 0 Å². The van der Waals surface area contributed by atoms with E-state index in [0.717, 1.165) is 17.7 Å². The standard InChI is InChI=1S/C15H16N4O2/c20-14(12-2-3-13-11(10-12)4-9-21-13)16-7-8-19-15-17-5-1-6-18-15/h1-3,5-6,10H,4,7-9H2,(H,16,20)(H,17,18,19). The smallest absolute Gasteiger partial charge is 0.251 e. The molecule has 0 atom stereocenters. The fourth-order valence-corrected chi connectivity index (χ4v) is 2.17. The van der Waals surface area contributed by atoms with Gasteiger partial charge >= 0.3 is 0 Å². The number of ether oxygens (including phenoxy) is 1. The zero-order chi connectivity index (χ0) is 14.5. The Morgan fingerprint density at radius 2 is 2.10 bits per heavy atom. The highest BCUT2D eigenvalue weighted by Gasteiger charge is 2.14. The van der Waals surface area contributed by atoms with Gasteiger partial charge in [0.25, 0.3) is 5.91 Å². The van der Waals surface area contributed by atoms with Crippen LogP contribution in [0.4, 0.5) is 5.95 Å². The van der Waals surface area contributed by atoms with E-state index in [1.165, 1.54) is 0 Å². The molecule has 21 heavy (non-hydrogen) atoms. The first-order valence-electron chi connectivity index (χ1n) is 6.88. The molecule has 0 aliphatic carbocycles. The van der Waals surface area contributed by atoms with E-state index in [2.05, 4.69) is 20.6 Å². The van der Waals surface area contributed by atoms with Gasteiger partial charge in [0.05, 0.1) is 6.61 Å². The summed E-state index contributed by atoms with van der Waals surface area (Å²) >= 11 is 0. The van der Waals surface area contributed by atoms with E-state index >= 15 is 0 Å². The Bertz CT molecular complexity index is 631. The van der Waals surface area contributed by atoms with E-state index < -0.39 is 0 Å². The number of nitrogens with zero attached hydrogens (tertiary/aromatic N) is 2. The molecule has 108 valence electrons. The van der Waals surface area contributed by atoms with Crippen molar-refractivity contribution in [3.8, 4) is 5.75 Å². The molecule has 2 heterocycles. The summed E-state index contributed by atoms with van der Waals surface area (Å²) < 4.78 is 5.43. The van der Waals surface area contributed by atoms with Crippen molar-refractivity contribution in [3.05, 3.63) is 47.8 Å². The molecule has 6 nitrogen and oxygen atoms in total. The van der Waals surface area contributed by atoms with Crippen molar-refractivity contribution in [2.24, 2.45) is 0 Å². The van der Waals surface area contributed by atoms with Crippen molar-refractivity contribution in [1.29, 1.82) is 0 Å². The van der Waals surface area contributed by atoms with Gasteiger partial charge in [-0.1, -0.05) is 0 Å².